The van der Waals surface area contributed by atoms with Crippen LogP contribution in [0.2, 0.25) is 0 Å². The third-order valence-electron chi connectivity index (χ3n) is 3.81. The zero-order valence-electron chi connectivity index (χ0n) is 13.8. The Labute approximate surface area is 138 Å². The summed E-state index contributed by atoms with van der Waals surface area (Å²) in [5.41, 5.74) is 3.08. The van der Waals surface area contributed by atoms with E-state index in [0.717, 1.165) is 17.7 Å². The number of ether oxygens (including phenoxy) is 1. The SMILES string of the molecule is CCCCCCc1ccc(OCc2ccccc2)c(NC=O)c1. The first-order valence-corrected chi connectivity index (χ1v) is 8.33. The number of carbonyl (C=O) groups excluding carboxylic acids is 1. The van der Waals surface area contributed by atoms with Crippen molar-refractivity contribution in [3.8, 4) is 5.75 Å². The second-order valence-electron chi connectivity index (χ2n) is 5.68. The number of unbranched alkanes of at least 4 members (excludes halogenated alkanes) is 3. The van der Waals surface area contributed by atoms with E-state index in [1.807, 2.05) is 42.5 Å². The summed E-state index contributed by atoms with van der Waals surface area (Å²) in [5.74, 6) is 0.707. The molecule has 2 rings (SSSR count). The summed E-state index contributed by atoms with van der Waals surface area (Å²) in [6, 6.07) is 16.1. The standard InChI is InChI=1S/C20H25NO2/c1-2-3-4-6-9-17-12-13-20(19(14-17)21-16-22)23-15-18-10-7-5-8-11-18/h5,7-8,10-14,16H,2-4,6,9,15H2,1H3,(H,21,22). The molecule has 2 aromatic carbocycles. The predicted octanol–water partition coefficient (Wildman–Crippen LogP) is 4.96. The van der Waals surface area contributed by atoms with Crippen LogP contribution in [-0.4, -0.2) is 6.41 Å². The van der Waals surface area contributed by atoms with Gasteiger partial charge in [-0.3, -0.25) is 4.79 Å². The Morgan fingerprint density at radius 3 is 2.57 bits per heavy atom. The molecule has 0 saturated carbocycles. The quantitative estimate of drug-likeness (QED) is 0.497. The number of anilines is 1. The summed E-state index contributed by atoms with van der Waals surface area (Å²) < 4.78 is 5.85. The first-order chi connectivity index (χ1) is 11.3. The van der Waals surface area contributed by atoms with Gasteiger partial charge in [-0.1, -0.05) is 62.6 Å². The molecule has 0 atom stereocenters. The number of benzene rings is 2. The van der Waals surface area contributed by atoms with Crippen molar-refractivity contribution in [1.82, 2.24) is 0 Å². The zero-order valence-corrected chi connectivity index (χ0v) is 13.8. The molecule has 2 aromatic rings. The maximum atomic E-state index is 10.8. The average Bonchev–Trinajstić information content (AvgIpc) is 2.59. The van der Waals surface area contributed by atoms with E-state index >= 15 is 0 Å². The lowest BCUT2D eigenvalue weighted by Gasteiger charge is -2.12. The largest absolute Gasteiger partial charge is 0.487 e. The summed E-state index contributed by atoms with van der Waals surface area (Å²) in [6.45, 7) is 2.70. The Morgan fingerprint density at radius 2 is 1.83 bits per heavy atom. The van der Waals surface area contributed by atoms with Gasteiger partial charge in [0.25, 0.3) is 0 Å². The lowest BCUT2D eigenvalue weighted by Crippen LogP contribution is -2.02. The Kier molecular flexibility index (Phi) is 7.18. The van der Waals surface area contributed by atoms with Gasteiger partial charge in [-0.25, -0.2) is 0 Å². The number of rotatable bonds is 10. The highest BCUT2D eigenvalue weighted by Gasteiger charge is 2.06. The van der Waals surface area contributed by atoms with Crippen molar-refractivity contribution in [1.29, 1.82) is 0 Å². The van der Waals surface area contributed by atoms with E-state index in [4.69, 9.17) is 4.74 Å². The normalized spacial score (nSPS) is 10.3. The number of nitrogens with one attached hydrogen (secondary N) is 1. The number of carbonyl (C=O) groups is 1. The number of hydrogen-bond donors (Lipinski definition) is 1. The smallest absolute Gasteiger partial charge is 0.211 e. The maximum absolute atomic E-state index is 10.8. The molecule has 0 fully saturated rings. The second kappa shape index (κ2) is 9.67. The van der Waals surface area contributed by atoms with Gasteiger partial charge in [0, 0.05) is 0 Å². The predicted molar refractivity (Wildman–Crippen MR) is 94.7 cm³/mol. The van der Waals surface area contributed by atoms with Crippen LogP contribution in [0.5, 0.6) is 5.75 Å². The van der Waals surface area contributed by atoms with Gasteiger partial charge >= 0.3 is 0 Å². The molecule has 1 amide bonds. The first-order valence-electron chi connectivity index (χ1n) is 8.33. The topological polar surface area (TPSA) is 38.3 Å². The molecule has 0 saturated heterocycles. The first kappa shape index (κ1) is 17.1. The fourth-order valence-corrected chi connectivity index (χ4v) is 2.53. The number of amides is 1. The van der Waals surface area contributed by atoms with E-state index in [-0.39, 0.29) is 0 Å². The van der Waals surface area contributed by atoms with Crippen LogP contribution in [-0.2, 0) is 17.8 Å². The van der Waals surface area contributed by atoms with Crippen molar-refractivity contribution in [2.75, 3.05) is 5.32 Å². The third kappa shape index (κ3) is 5.78. The molecule has 0 aliphatic heterocycles. The molecule has 1 N–H and O–H groups in total. The molecule has 3 nitrogen and oxygen atoms in total. The van der Waals surface area contributed by atoms with Gasteiger partial charge < -0.3 is 10.1 Å². The minimum Gasteiger partial charge on any atom is -0.487 e. The van der Waals surface area contributed by atoms with Crippen LogP contribution in [0.4, 0.5) is 5.69 Å². The zero-order chi connectivity index (χ0) is 16.3. The Bertz CT molecular complexity index is 596. The van der Waals surface area contributed by atoms with Crippen LogP contribution in [0.3, 0.4) is 0 Å². The van der Waals surface area contributed by atoms with Crippen molar-refractivity contribution in [2.45, 2.75) is 45.6 Å². The highest BCUT2D eigenvalue weighted by Crippen LogP contribution is 2.27. The van der Waals surface area contributed by atoms with Gasteiger partial charge in [0.15, 0.2) is 0 Å². The van der Waals surface area contributed by atoms with Gasteiger partial charge in [0.1, 0.15) is 12.4 Å². The monoisotopic (exact) mass is 311 g/mol. The summed E-state index contributed by atoms with van der Waals surface area (Å²) in [5, 5.41) is 2.75. The molecule has 0 aromatic heterocycles. The number of hydrogen-bond acceptors (Lipinski definition) is 2. The van der Waals surface area contributed by atoms with Crippen molar-refractivity contribution < 1.29 is 9.53 Å². The number of aryl methyl sites for hydroxylation is 1. The van der Waals surface area contributed by atoms with E-state index in [9.17, 15) is 4.79 Å². The maximum Gasteiger partial charge on any atom is 0.211 e. The van der Waals surface area contributed by atoms with Gasteiger partial charge in [-0.05, 0) is 36.1 Å². The van der Waals surface area contributed by atoms with E-state index < -0.39 is 0 Å². The van der Waals surface area contributed by atoms with Crippen LogP contribution >= 0.6 is 0 Å². The third-order valence-corrected chi connectivity index (χ3v) is 3.81. The highest BCUT2D eigenvalue weighted by molar-refractivity contribution is 5.75. The van der Waals surface area contributed by atoms with E-state index in [0.29, 0.717) is 18.8 Å². The Balaban J connectivity index is 1.99. The van der Waals surface area contributed by atoms with Gasteiger partial charge in [-0.2, -0.15) is 0 Å². The van der Waals surface area contributed by atoms with Crippen molar-refractivity contribution in [3.63, 3.8) is 0 Å². The molecule has 0 radical (unpaired) electrons. The molecule has 0 bridgehead atoms. The van der Waals surface area contributed by atoms with Crippen molar-refractivity contribution in [3.05, 3.63) is 59.7 Å². The van der Waals surface area contributed by atoms with E-state index in [2.05, 4.69) is 18.3 Å². The van der Waals surface area contributed by atoms with Crippen LogP contribution in [0.1, 0.15) is 43.7 Å². The molecule has 0 aliphatic rings. The van der Waals surface area contributed by atoms with E-state index in [1.54, 1.807) is 0 Å². The molecule has 0 spiro atoms. The lowest BCUT2D eigenvalue weighted by molar-refractivity contribution is -0.105. The molecule has 3 heteroatoms. The summed E-state index contributed by atoms with van der Waals surface area (Å²) in [7, 11) is 0. The molecule has 122 valence electrons. The van der Waals surface area contributed by atoms with Gasteiger partial charge in [0.05, 0.1) is 5.69 Å². The molecule has 0 unspecified atom stereocenters. The lowest BCUT2D eigenvalue weighted by atomic mass is 10.1. The molecule has 0 aliphatic carbocycles. The van der Waals surface area contributed by atoms with Crippen LogP contribution < -0.4 is 10.1 Å². The molecule has 0 heterocycles. The van der Waals surface area contributed by atoms with E-state index in [1.165, 1.54) is 31.2 Å². The van der Waals surface area contributed by atoms with Crippen LogP contribution in [0.25, 0.3) is 0 Å². The van der Waals surface area contributed by atoms with Crippen molar-refractivity contribution >= 4 is 12.1 Å². The summed E-state index contributed by atoms with van der Waals surface area (Å²) in [6.07, 6.45) is 6.68. The van der Waals surface area contributed by atoms with Crippen molar-refractivity contribution in [2.24, 2.45) is 0 Å². The molecular weight excluding hydrogens is 286 g/mol. The minimum atomic E-state index is 0.490. The van der Waals surface area contributed by atoms with Gasteiger partial charge in [-0.15, -0.1) is 0 Å². The second-order valence-corrected chi connectivity index (χ2v) is 5.68. The summed E-state index contributed by atoms with van der Waals surface area (Å²) >= 11 is 0. The minimum absolute atomic E-state index is 0.490. The Hall–Kier alpha value is -2.29. The highest BCUT2D eigenvalue weighted by atomic mass is 16.5. The summed E-state index contributed by atoms with van der Waals surface area (Å²) in [4.78, 5) is 10.8. The fourth-order valence-electron chi connectivity index (χ4n) is 2.53. The average molecular weight is 311 g/mol. The van der Waals surface area contributed by atoms with Gasteiger partial charge in [0.2, 0.25) is 6.41 Å². The molecule has 23 heavy (non-hydrogen) atoms. The van der Waals surface area contributed by atoms with Crippen LogP contribution in [0, 0.1) is 0 Å². The molecular formula is C20H25NO2. The van der Waals surface area contributed by atoms with Crippen LogP contribution in [0.15, 0.2) is 48.5 Å². The Morgan fingerprint density at radius 1 is 1.00 bits per heavy atom. The fraction of sp³-hybridized carbons (Fsp3) is 0.350.